The summed E-state index contributed by atoms with van der Waals surface area (Å²) in [6, 6.07) is 7.55. The smallest absolute Gasteiger partial charge is 0.255 e. The van der Waals surface area contributed by atoms with Crippen LogP contribution in [0.5, 0.6) is 0 Å². The van der Waals surface area contributed by atoms with Crippen molar-refractivity contribution in [1.29, 1.82) is 0 Å². The molecule has 1 saturated carbocycles. The van der Waals surface area contributed by atoms with E-state index >= 15 is 0 Å². The predicted octanol–water partition coefficient (Wildman–Crippen LogP) is 2.64. The minimum absolute atomic E-state index is 0.0122. The summed E-state index contributed by atoms with van der Waals surface area (Å²) < 4.78 is 0. The second-order valence-electron chi connectivity index (χ2n) is 9.75. The van der Waals surface area contributed by atoms with Crippen molar-refractivity contribution in [3.05, 3.63) is 35.4 Å². The molecular weight excluding hydrogens is 378 g/mol. The molecule has 1 aromatic carbocycles. The first-order valence-corrected chi connectivity index (χ1v) is 11.4. The highest BCUT2D eigenvalue weighted by molar-refractivity contribution is 6.03. The van der Waals surface area contributed by atoms with Crippen LogP contribution < -0.4 is 0 Å². The Bertz CT molecular complexity index is 879. The van der Waals surface area contributed by atoms with Crippen LogP contribution in [0.15, 0.2) is 24.3 Å². The highest BCUT2D eigenvalue weighted by Gasteiger charge is 2.63. The van der Waals surface area contributed by atoms with Gasteiger partial charge in [-0.25, -0.2) is 0 Å². The molecule has 4 aliphatic rings. The van der Waals surface area contributed by atoms with Crippen LogP contribution in [-0.2, 0) is 9.59 Å². The molecule has 3 aliphatic heterocycles. The molecule has 1 unspecified atom stereocenters. The van der Waals surface area contributed by atoms with Crippen LogP contribution in [0.2, 0.25) is 0 Å². The summed E-state index contributed by atoms with van der Waals surface area (Å²) in [5.74, 6) is 0.0384. The Kier molecular flexibility index (Phi) is 4.64. The zero-order valence-corrected chi connectivity index (χ0v) is 18.0. The summed E-state index contributed by atoms with van der Waals surface area (Å²) in [5.41, 5.74) is 0.837. The van der Waals surface area contributed by atoms with E-state index in [4.69, 9.17) is 0 Å². The van der Waals surface area contributed by atoms with Crippen molar-refractivity contribution in [2.24, 2.45) is 5.92 Å². The zero-order valence-electron chi connectivity index (χ0n) is 18.0. The average Bonchev–Trinajstić information content (AvgIpc) is 3.18. The van der Waals surface area contributed by atoms with E-state index in [9.17, 15) is 14.4 Å². The van der Waals surface area contributed by atoms with Gasteiger partial charge in [0.25, 0.3) is 5.91 Å². The molecule has 3 fully saturated rings. The maximum absolute atomic E-state index is 13.8. The third-order valence-electron chi connectivity index (χ3n) is 7.61. The van der Waals surface area contributed by atoms with Gasteiger partial charge in [0.2, 0.25) is 11.8 Å². The molecular formula is C24H31N3O3. The first-order chi connectivity index (χ1) is 14.4. The Morgan fingerprint density at radius 2 is 1.63 bits per heavy atom. The van der Waals surface area contributed by atoms with Gasteiger partial charge in [0.15, 0.2) is 0 Å². The molecule has 3 heterocycles. The number of fused-ring (bicyclic) bond motifs is 1. The van der Waals surface area contributed by atoms with Crippen molar-refractivity contribution in [2.75, 3.05) is 26.2 Å². The summed E-state index contributed by atoms with van der Waals surface area (Å²) in [5, 5.41) is 0. The summed E-state index contributed by atoms with van der Waals surface area (Å²) in [4.78, 5) is 46.0. The number of likely N-dealkylation sites (tertiary alicyclic amines) is 2. The summed E-state index contributed by atoms with van der Waals surface area (Å²) >= 11 is 0. The van der Waals surface area contributed by atoms with E-state index in [2.05, 4.69) is 0 Å². The number of rotatable bonds is 3. The van der Waals surface area contributed by atoms with Gasteiger partial charge in [-0.2, -0.15) is 0 Å². The standard InChI is InChI=1S/C24H31N3O3/c1-16(2)27-22(29)19-11-4-3-10-18(19)20(23(30)25-12-5-6-13-25)24(27)14-26(15-24)21(28)17-8-7-9-17/h3-4,10-11,16-17,20H,5-9,12-15H2,1-2H3. The maximum Gasteiger partial charge on any atom is 0.255 e. The summed E-state index contributed by atoms with van der Waals surface area (Å²) in [7, 11) is 0. The number of amides is 3. The molecule has 1 aliphatic carbocycles. The van der Waals surface area contributed by atoms with Crippen LogP contribution in [0.25, 0.3) is 0 Å². The lowest BCUT2D eigenvalue weighted by molar-refractivity contribution is -0.161. The SMILES string of the molecule is CC(C)N1C(=O)c2ccccc2C(C(=O)N2CCCC2)C12CN(C(=O)C1CCC1)C2. The highest BCUT2D eigenvalue weighted by atomic mass is 16.2. The van der Waals surface area contributed by atoms with Gasteiger partial charge in [-0.05, 0) is 51.2 Å². The fourth-order valence-corrected chi connectivity index (χ4v) is 5.95. The first kappa shape index (κ1) is 19.6. The summed E-state index contributed by atoms with van der Waals surface area (Å²) in [6.45, 7) is 6.53. The molecule has 2 saturated heterocycles. The van der Waals surface area contributed by atoms with Crippen LogP contribution >= 0.6 is 0 Å². The Balaban J connectivity index is 1.56. The first-order valence-electron chi connectivity index (χ1n) is 11.4. The van der Waals surface area contributed by atoms with Crippen molar-refractivity contribution in [1.82, 2.24) is 14.7 Å². The van der Waals surface area contributed by atoms with Gasteiger partial charge in [0.1, 0.15) is 0 Å². The second-order valence-corrected chi connectivity index (χ2v) is 9.75. The minimum Gasteiger partial charge on any atom is -0.342 e. The van der Waals surface area contributed by atoms with E-state index < -0.39 is 11.5 Å². The van der Waals surface area contributed by atoms with Gasteiger partial charge in [0.05, 0.1) is 11.5 Å². The van der Waals surface area contributed by atoms with Crippen LogP contribution in [0.4, 0.5) is 0 Å². The van der Waals surface area contributed by atoms with E-state index in [0.717, 1.165) is 50.8 Å². The van der Waals surface area contributed by atoms with E-state index in [0.29, 0.717) is 18.7 Å². The van der Waals surface area contributed by atoms with Crippen molar-refractivity contribution in [2.45, 2.75) is 63.5 Å². The minimum atomic E-state index is -0.640. The predicted molar refractivity (Wildman–Crippen MR) is 113 cm³/mol. The molecule has 0 aromatic heterocycles. The van der Waals surface area contributed by atoms with E-state index in [-0.39, 0.29) is 29.7 Å². The largest absolute Gasteiger partial charge is 0.342 e. The van der Waals surface area contributed by atoms with Crippen LogP contribution in [0.3, 0.4) is 0 Å². The maximum atomic E-state index is 13.8. The van der Waals surface area contributed by atoms with Crippen molar-refractivity contribution in [3.63, 3.8) is 0 Å². The second kappa shape index (κ2) is 7.10. The van der Waals surface area contributed by atoms with Crippen molar-refractivity contribution >= 4 is 17.7 Å². The molecule has 0 N–H and O–H groups in total. The lowest BCUT2D eigenvalue weighted by Crippen LogP contribution is -2.79. The normalized spacial score (nSPS) is 25.4. The average molecular weight is 410 g/mol. The van der Waals surface area contributed by atoms with Gasteiger partial charge in [-0.1, -0.05) is 24.6 Å². The van der Waals surface area contributed by atoms with Gasteiger partial charge in [-0.15, -0.1) is 0 Å². The Hall–Kier alpha value is -2.37. The highest BCUT2D eigenvalue weighted by Crippen LogP contribution is 2.49. The summed E-state index contributed by atoms with van der Waals surface area (Å²) in [6.07, 6.45) is 5.12. The third kappa shape index (κ3) is 2.72. The Labute approximate surface area is 178 Å². The number of hydrogen-bond donors (Lipinski definition) is 0. The van der Waals surface area contributed by atoms with Gasteiger partial charge >= 0.3 is 0 Å². The van der Waals surface area contributed by atoms with E-state index in [1.54, 1.807) is 0 Å². The van der Waals surface area contributed by atoms with E-state index in [1.807, 2.05) is 52.8 Å². The molecule has 1 spiro atoms. The topological polar surface area (TPSA) is 60.9 Å². The number of hydrogen-bond acceptors (Lipinski definition) is 3. The molecule has 0 bridgehead atoms. The van der Waals surface area contributed by atoms with Crippen LogP contribution in [0, 0.1) is 5.92 Å². The molecule has 1 aromatic rings. The Morgan fingerprint density at radius 3 is 2.23 bits per heavy atom. The molecule has 1 atom stereocenters. The van der Waals surface area contributed by atoms with Crippen LogP contribution in [-0.4, -0.2) is 70.2 Å². The third-order valence-corrected chi connectivity index (χ3v) is 7.61. The monoisotopic (exact) mass is 409 g/mol. The van der Waals surface area contributed by atoms with Crippen LogP contribution in [0.1, 0.15) is 67.8 Å². The number of benzene rings is 1. The quantitative estimate of drug-likeness (QED) is 0.771. The molecule has 30 heavy (non-hydrogen) atoms. The number of carbonyl (C=O) groups excluding carboxylic acids is 3. The fourth-order valence-electron chi connectivity index (χ4n) is 5.95. The Morgan fingerprint density at radius 1 is 0.967 bits per heavy atom. The zero-order chi connectivity index (χ0) is 21.0. The van der Waals surface area contributed by atoms with Gasteiger partial charge < -0.3 is 14.7 Å². The van der Waals surface area contributed by atoms with E-state index in [1.165, 1.54) is 0 Å². The lowest BCUT2D eigenvalue weighted by Gasteiger charge is -2.62. The van der Waals surface area contributed by atoms with Gasteiger partial charge in [0, 0.05) is 43.7 Å². The molecule has 3 amide bonds. The molecule has 0 radical (unpaired) electrons. The van der Waals surface area contributed by atoms with Crippen molar-refractivity contribution in [3.8, 4) is 0 Å². The molecule has 160 valence electrons. The molecule has 6 nitrogen and oxygen atoms in total. The van der Waals surface area contributed by atoms with Gasteiger partial charge in [-0.3, -0.25) is 14.4 Å². The van der Waals surface area contributed by atoms with Crippen molar-refractivity contribution < 1.29 is 14.4 Å². The molecule has 6 heteroatoms. The lowest BCUT2D eigenvalue weighted by atomic mass is 9.66. The fraction of sp³-hybridized carbons (Fsp3) is 0.625. The number of carbonyl (C=O) groups is 3. The number of nitrogens with zero attached hydrogens (tertiary/aromatic N) is 3. The molecule has 5 rings (SSSR count).